The van der Waals surface area contributed by atoms with Gasteiger partial charge in [0.1, 0.15) is 0 Å². The van der Waals surface area contributed by atoms with Gasteiger partial charge in [0.25, 0.3) is 0 Å². The van der Waals surface area contributed by atoms with Crippen LogP contribution in [0.5, 0.6) is 0 Å². The van der Waals surface area contributed by atoms with Gasteiger partial charge < -0.3 is 10.6 Å². The monoisotopic (exact) mass is 295 g/mol. The van der Waals surface area contributed by atoms with Crippen LogP contribution in [0.4, 0.5) is 0 Å². The lowest BCUT2D eigenvalue weighted by molar-refractivity contribution is -0.123. The number of halogens is 1. The molecule has 2 atom stereocenters. The fourth-order valence-electron chi connectivity index (χ4n) is 3.23. The molecule has 2 heterocycles. The fourth-order valence-corrected chi connectivity index (χ4v) is 3.23. The first-order chi connectivity index (χ1) is 9.21. The second-order valence-electron chi connectivity index (χ2n) is 5.89. The van der Waals surface area contributed by atoms with Crippen molar-refractivity contribution in [2.45, 2.75) is 32.2 Å². The van der Waals surface area contributed by atoms with E-state index in [2.05, 4.69) is 15.6 Å². The summed E-state index contributed by atoms with van der Waals surface area (Å²) in [5.74, 6) is 0.451. The molecule has 110 valence electrons. The van der Waals surface area contributed by atoms with Crippen molar-refractivity contribution >= 4 is 18.3 Å². The number of carbonyl (C=O) groups excluding carboxylic acids is 1. The number of pyridine rings is 1. The zero-order valence-electron chi connectivity index (χ0n) is 11.8. The number of nitrogens with zero attached hydrogens (tertiary/aromatic N) is 1. The van der Waals surface area contributed by atoms with Gasteiger partial charge in [0.2, 0.25) is 5.91 Å². The summed E-state index contributed by atoms with van der Waals surface area (Å²) in [6, 6.07) is 3.95. The summed E-state index contributed by atoms with van der Waals surface area (Å²) in [7, 11) is 0. The smallest absolute Gasteiger partial charge is 0.224 e. The molecule has 1 spiro atoms. The van der Waals surface area contributed by atoms with Gasteiger partial charge in [0.05, 0.1) is 6.04 Å². The molecule has 1 saturated carbocycles. The molecule has 1 aromatic heterocycles. The largest absolute Gasteiger partial charge is 0.349 e. The van der Waals surface area contributed by atoms with Gasteiger partial charge in [0, 0.05) is 18.3 Å². The first-order valence-electron chi connectivity index (χ1n) is 7.12. The SMILES string of the molecule is CC(NC(=O)C1CC12CCNCC2)c1cccnc1.Cl. The van der Waals surface area contributed by atoms with Crippen molar-refractivity contribution in [1.82, 2.24) is 15.6 Å². The normalized spacial score (nSPS) is 24.6. The number of amides is 1. The Morgan fingerprint density at radius 3 is 2.90 bits per heavy atom. The molecule has 1 aromatic rings. The predicted molar refractivity (Wildman–Crippen MR) is 80.7 cm³/mol. The second kappa shape index (κ2) is 6.10. The average molecular weight is 296 g/mol. The summed E-state index contributed by atoms with van der Waals surface area (Å²) in [5.41, 5.74) is 1.38. The molecule has 3 rings (SSSR count). The van der Waals surface area contributed by atoms with Crippen molar-refractivity contribution in [1.29, 1.82) is 0 Å². The molecular weight excluding hydrogens is 274 g/mol. The molecule has 2 unspecified atom stereocenters. The molecule has 1 aliphatic carbocycles. The van der Waals surface area contributed by atoms with Crippen LogP contribution in [-0.4, -0.2) is 24.0 Å². The predicted octanol–water partition coefficient (Wildman–Crippen LogP) is 2.07. The van der Waals surface area contributed by atoms with Gasteiger partial charge in [-0.25, -0.2) is 0 Å². The fraction of sp³-hybridized carbons (Fsp3) is 0.600. The van der Waals surface area contributed by atoms with Crippen LogP contribution in [0.3, 0.4) is 0 Å². The zero-order valence-corrected chi connectivity index (χ0v) is 12.6. The van der Waals surface area contributed by atoms with Crippen molar-refractivity contribution in [2.24, 2.45) is 11.3 Å². The maximum atomic E-state index is 12.3. The van der Waals surface area contributed by atoms with Crippen molar-refractivity contribution in [2.75, 3.05) is 13.1 Å². The van der Waals surface area contributed by atoms with Crippen molar-refractivity contribution in [3.63, 3.8) is 0 Å². The third-order valence-corrected chi connectivity index (χ3v) is 4.65. The van der Waals surface area contributed by atoms with E-state index in [4.69, 9.17) is 0 Å². The molecule has 5 heteroatoms. The number of carbonyl (C=O) groups is 1. The highest BCUT2D eigenvalue weighted by Gasteiger charge is 2.57. The van der Waals surface area contributed by atoms with Crippen LogP contribution < -0.4 is 10.6 Å². The minimum atomic E-state index is 0. The summed E-state index contributed by atoms with van der Waals surface area (Å²) in [5, 5.41) is 6.50. The van der Waals surface area contributed by atoms with Crippen LogP contribution in [0.15, 0.2) is 24.5 Å². The summed E-state index contributed by atoms with van der Waals surface area (Å²) >= 11 is 0. The summed E-state index contributed by atoms with van der Waals surface area (Å²) in [6.45, 7) is 4.14. The molecule has 2 N–H and O–H groups in total. The van der Waals surface area contributed by atoms with Crippen molar-refractivity contribution in [3.8, 4) is 0 Å². The molecule has 1 saturated heterocycles. The molecule has 0 bridgehead atoms. The van der Waals surface area contributed by atoms with Gasteiger partial charge in [-0.1, -0.05) is 6.07 Å². The van der Waals surface area contributed by atoms with Crippen molar-refractivity contribution < 1.29 is 4.79 Å². The number of piperidine rings is 1. The quantitative estimate of drug-likeness (QED) is 0.897. The molecular formula is C15H22ClN3O. The van der Waals surface area contributed by atoms with Crippen LogP contribution in [0.2, 0.25) is 0 Å². The van der Waals surface area contributed by atoms with E-state index in [1.807, 2.05) is 25.3 Å². The lowest BCUT2D eigenvalue weighted by Gasteiger charge is -2.23. The first kappa shape index (κ1) is 15.3. The lowest BCUT2D eigenvalue weighted by atomic mass is 9.91. The number of hydrogen-bond acceptors (Lipinski definition) is 3. The maximum Gasteiger partial charge on any atom is 0.224 e. The molecule has 1 aliphatic heterocycles. The van der Waals surface area contributed by atoms with Gasteiger partial charge in [0.15, 0.2) is 0 Å². The molecule has 2 aliphatic rings. The van der Waals surface area contributed by atoms with Gasteiger partial charge in [-0.05, 0) is 56.3 Å². The Morgan fingerprint density at radius 2 is 2.25 bits per heavy atom. The molecule has 20 heavy (non-hydrogen) atoms. The van der Waals surface area contributed by atoms with Gasteiger partial charge in [-0.3, -0.25) is 9.78 Å². The van der Waals surface area contributed by atoms with E-state index in [1.54, 1.807) is 6.20 Å². The Hall–Kier alpha value is -1.13. The molecule has 0 radical (unpaired) electrons. The highest BCUT2D eigenvalue weighted by Crippen LogP contribution is 2.58. The zero-order chi connectivity index (χ0) is 13.3. The third kappa shape index (κ3) is 2.96. The Morgan fingerprint density at radius 1 is 1.50 bits per heavy atom. The van der Waals surface area contributed by atoms with Gasteiger partial charge in [-0.15, -0.1) is 12.4 Å². The first-order valence-corrected chi connectivity index (χ1v) is 7.12. The van der Waals surface area contributed by atoms with E-state index in [9.17, 15) is 4.79 Å². The summed E-state index contributed by atoms with van der Waals surface area (Å²) in [6.07, 6.45) is 6.93. The van der Waals surface area contributed by atoms with Crippen LogP contribution in [0.1, 0.15) is 37.8 Å². The van der Waals surface area contributed by atoms with Crippen LogP contribution in [0, 0.1) is 11.3 Å². The van der Waals surface area contributed by atoms with E-state index in [-0.39, 0.29) is 30.3 Å². The van der Waals surface area contributed by atoms with E-state index >= 15 is 0 Å². The Kier molecular flexibility index (Phi) is 4.66. The van der Waals surface area contributed by atoms with Crippen LogP contribution in [0.25, 0.3) is 0 Å². The Bertz CT molecular complexity index is 459. The number of aromatic nitrogens is 1. The van der Waals surface area contributed by atoms with E-state index in [1.165, 1.54) is 0 Å². The summed E-state index contributed by atoms with van der Waals surface area (Å²) in [4.78, 5) is 16.4. The van der Waals surface area contributed by atoms with E-state index < -0.39 is 0 Å². The Balaban J connectivity index is 0.00000147. The van der Waals surface area contributed by atoms with Crippen LogP contribution in [-0.2, 0) is 4.79 Å². The molecule has 0 aromatic carbocycles. The minimum Gasteiger partial charge on any atom is -0.349 e. The van der Waals surface area contributed by atoms with Gasteiger partial charge in [-0.2, -0.15) is 0 Å². The second-order valence-corrected chi connectivity index (χ2v) is 5.89. The molecule has 2 fully saturated rings. The summed E-state index contributed by atoms with van der Waals surface area (Å²) < 4.78 is 0. The minimum absolute atomic E-state index is 0. The van der Waals surface area contributed by atoms with E-state index in [0.29, 0.717) is 5.41 Å². The highest BCUT2D eigenvalue weighted by molar-refractivity contribution is 5.85. The number of nitrogens with one attached hydrogen (secondary N) is 2. The maximum absolute atomic E-state index is 12.3. The highest BCUT2D eigenvalue weighted by atomic mass is 35.5. The van der Waals surface area contributed by atoms with Gasteiger partial charge >= 0.3 is 0 Å². The standard InChI is InChI=1S/C15H21N3O.ClH/c1-11(12-3-2-6-17-10-12)18-14(19)13-9-15(13)4-7-16-8-5-15;/h2-3,6,10-11,13,16H,4-5,7-9H2,1H3,(H,18,19);1H. The molecule has 4 nitrogen and oxygen atoms in total. The van der Waals surface area contributed by atoms with Crippen LogP contribution >= 0.6 is 12.4 Å². The van der Waals surface area contributed by atoms with Crippen molar-refractivity contribution in [3.05, 3.63) is 30.1 Å². The number of rotatable bonds is 3. The third-order valence-electron chi connectivity index (χ3n) is 4.65. The average Bonchev–Trinajstić information content (AvgIpc) is 3.14. The number of hydrogen-bond donors (Lipinski definition) is 2. The topological polar surface area (TPSA) is 54.0 Å². The van der Waals surface area contributed by atoms with E-state index in [0.717, 1.165) is 37.9 Å². The Labute approximate surface area is 126 Å². The lowest BCUT2D eigenvalue weighted by Crippen LogP contribution is -2.34. The molecule has 1 amide bonds.